The first kappa shape index (κ1) is 12.9. The lowest BCUT2D eigenvalue weighted by atomic mass is 9.97. The van der Waals surface area contributed by atoms with Crippen LogP contribution in [0.2, 0.25) is 0 Å². The third-order valence-electron chi connectivity index (χ3n) is 3.28. The van der Waals surface area contributed by atoms with Crippen molar-refractivity contribution in [3.8, 4) is 5.75 Å². The van der Waals surface area contributed by atoms with Gasteiger partial charge in [0.15, 0.2) is 0 Å². The number of para-hydroxylation sites is 1. The molecule has 0 radical (unpaired) electrons. The van der Waals surface area contributed by atoms with E-state index in [0.29, 0.717) is 11.5 Å². The quantitative estimate of drug-likeness (QED) is 0.749. The molecule has 2 atom stereocenters. The van der Waals surface area contributed by atoms with E-state index >= 15 is 0 Å². The van der Waals surface area contributed by atoms with Crippen molar-refractivity contribution in [3.63, 3.8) is 0 Å². The molecule has 0 aromatic heterocycles. The molecule has 1 aliphatic rings. The van der Waals surface area contributed by atoms with Crippen molar-refractivity contribution >= 4 is 5.91 Å². The first-order chi connectivity index (χ1) is 8.65. The van der Waals surface area contributed by atoms with Gasteiger partial charge in [0, 0.05) is 18.2 Å². The lowest BCUT2D eigenvalue weighted by Gasteiger charge is -2.28. The molecule has 3 N–H and O–H groups in total. The minimum Gasteiger partial charge on any atom is -0.508 e. The van der Waals surface area contributed by atoms with Crippen molar-refractivity contribution in [2.75, 3.05) is 13.1 Å². The lowest BCUT2D eigenvalue weighted by molar-refractivity contribution is -0.121. The van der Waals surface area contributed by atoms with Crippen molar-refractivity contribution in [1.82, 2.24) is 10.6 Å². The average Bonchev–Trinajstić information content (AvgIpc) is 2.32. The number of benzene rings is 1. The summed E-state index contributed by atoms with van der Waals surface area (Å²) in [7, 11) is 0. The number of carbonyl (C=O) groups is 1. The largest absolute Gasteiger partial charge is 0.508 e. The third kappa shape index (κ3) is 3.47. The Morgan fingerprint density at radius 1 is 1.44 bits per heavy atom. The summed E-state index contributed by atoms with van der Waals surface area (Å²) in [5, 5.41) is 15.9. The minimum atomic E-state index is -0.0302. The molecule has 0 bridgehead atoms. The van der Waals surface area contributed by atoms with Crippen molar-refractivity contribution in [1.29, 1.82) is 0 Å². The first-order valence-corrected chi connectivity index (χ1v) is 6.42. The predicted octanol–water partition coefficient (Wildman–Crippen LogP) is 1.05. The highest BCUT2D eigenvalue weighted by molar-refractivity contribution is 5.79. The van der Waals surface area contributed by atoms with E-state index in [1.165, 1.54) is 0 Å². The molecule has 0 aliphatic carbocycles. The van der Waals surface area contributed by atoms with Crippen LogP contribution in [0.25, 0.3) is 0 Å². The Morgan fingerprint density at radius 2 is 2.22 bits per heavy atom. The number of phenolic OH excluding ortho intramolecular Hbond substituents is 1. The van der Waals surface area contributed by atoms with Gasteiger partial charge in [0.05, 0.1) is 6.42 Å². The Kier molecular flexibility index (Phi) is 4.20. The topological polar surface area (TPSA) is 61.4 Å². The molecular formula is C14H20N2O2. The van der Waals surface area contributed by atoms with Gasteiger partial charge in [-0.1, -0.05) is 25.1 Å². The number of rotatable bonds is 3. The zero-order valence-corrected chi connectivity index (χ0v) is 10.6. The van der Waals surface area contributed by atoms with Gasteiger partial charge < -0.3 is 15.7 Å². The molecular weight excluding hydrogens is 228 g/mol. The van der Waals surface area contributed by atoms with E-state index in [1.54, 1.807) is 18.2 Å². The van der Waals surface area contributed by atoms with E-state index in [-0.39, 0.29) is 24.1 Å². The van der Waals surface area contributed by atoms with Gasteiger partial charge in [-0.2, -0.15) is 0 Å². The molecule has 1 aromatic rings. The monoisotopic (exact) mass is 248 g/mol. The normalized spacial score (nSPS) is 23.6. The van der Waals surface area contributed by atoms with Gasteiger partial charge in [-0.15, -0.1) is 0 Å². The van der Waals surface area contributed by atoms with Gasteiger partial charge in [0.25, 0.3) is 0 Å². The van der Waals surface area contributed by atoms with Crippen LogP contribution < -0.4 is 10.6 Å². The number of phenols is 1. The van der Waals surface area contributed by atoms with Crippen LogP contribution in [0.5, 0.6) is 5.75 Å². The van der Waals surface area contributed by atoms with Gasteiger partial charge in [-0.25, -0.2) is 0 Å². The second-order valence-electron chi connectivity index (χ2n) is 5.07. The van der Waals surface area contributed by atoms with E-state index in [2.05, 4.69) is 17.6 Å². The Hall–Kier alpha value is -1.55. The first-order valence-electron chi connectivity index (χ1n) is 6.42. The zero-order chi connectivity index (χ0) is 13.0. The molecule has 0 spiro atoms. The number of hydrogen-bond acceptors (Lipinski definition) is 3. The molecule has 1 fully saturated rings. The Morgan fingerprint density at radius 3 is 2.94 bits per heavy atom. The fourth-order valence-electron chi connectivity index (χ4n) is 2.38. The number of carbonyl (C=O) groups excluding carboxylic acids is 1. The summed E-state index contributed by atoms with van der Waals surface area (Å²) in [6, 6.07) is 7.16. The Labute approximate surface area is 107 Å². The molecule has 0 saturated carbocycles. The van der Waals surface area contributed by atoms with Crippen LogP contribution in [0.4, 0.5) is 0 Å². The van der Waals surface area contributed by atoms with Crippen LogP contribution in [0.1, 0.15) is 18.9 Å². The summed E-state index contributed by atoms with van der Waals surface area (Å²) >= 11 is 0. The molecule has 4 nitrogen and oxygen atoms in total. The SMILES string of the molecule is CC1CNCC(NC(=O)Cc2ccccc2O)C1. The number of amides is 1. The molecule has 1 saturated heterocycles. The summed E-state index contributed by atoms with van der Waals surface area (Å²) < 4.78 is 0. The standard InChI is InChI=1S/C14H20N2O2/c1-10-6-12(9-15-8-10)16-14(18)7-11-4-2-3-5-13(11)17/h2-5,10,12,15,17H,6-9H2,1H3,(H,16,18). The van der Waals surface area contributed by atoms with E-state index in [0.717, 1.165) is 19.5 Å². The molecule has 1 heterocycles. The van der Waals surface area contributed by atoms with Crippen LogP contribution in [-0.4, -0.2) is 30.1 Å². The van der Waals surface area contributed by atoms with Gasteiger partial charge in [-0.05, 0) is 24.9 Å². The molecule has 98 valence electrons. The van der Waals surface area contributed by atoms with E-state index in [4.69, 9.17) is 0 Å². The van der Waals surface area contributed by atoms with Gasteiger partial charge in [-0.3, -0.25) is 4.79 Å². The maximum absolute atomic E-state index is 11.9. The number of hydrogen-bond donors (Lipinski definition) is 3. The van der Waals surface area contributed by atoms with Crippen molar-refractivity contribution in [2.24, 2.45) is 5.92 Å². The molecule has 1 amide bonds. The van der Waals surface area contributed by atoms with Gasteiger partial charge in [0.1, 0.15) is 5.75 Å². The lowest BCUT2D eigenvalue weighted by Crippen LogP contribution is -2.48. The fraction of sp³-hybridized carbons (Fsp3) is 0.500. The third-order valence-corrected chi connectivity index (χ3v) is 3.28. The van der Waals surface area contributed by atoms with Crippen molar-refractivity contribution in [3.05, 3.63) is 29.8 Å². The number of nitrogens with one attached hydrogen (secondary N) is 2. The van der Waals surface area contributed by atoms with Crippen LogP contribution in [-0.2, 0) is 11.2 Å². The van der Waals surface area contributed by atoms with Gasteiger partial charge in [0.2, 0.25) is 5.91 Å². The maximum Gasteiger partial charge on any atom is 0.224 e. The maximum atomic E-state index is 11.9. The van der Waals surface area contributed by atoms with E-state index in [1.807, 2.05) is 6.07 Å². The summed E-state index contributed by atoms with van der Waals surface area (Å²) in [6.45, 7) is 4.02. The van der Waals surface area contributed by atoms with Crippen LogP contribution in [0, 0.1) is 5.92 Å². The molecule has 1 aromatic carbocycles. The van der Waals surface area contributed by atoms with Crippen LogP contribution >= 0.6 is 0 Å². The Balaban J connectivity index is 1.87. The van der Waals surface area contributed by atoms with Crippen molar-refractivity contribution in [2.45, 2.75) is 25.8 Å². The zero-order valence-electron chi connectivity index (χ0n) is 10.6. The molecule has 2 unspecified atom stereocenters. The highest BCUT2D eigenvalue weighted by Gasteiger charge is 2.20. The summed E-state index contributed by atoms with van der Waals surface area (Å²) in [6.07, 6.45) is 1.25. The summed E-state index contributed by atoms with van der Waals surface area (Å²) in [5.41, 5.74) is 0.673. The molecule has 18 heavy (non-hydrogen) atoms. The summed E-state index contributed by atoms with van der Waals surface area (Å²) in [4.78, 5) is 11.9. The van der Waals surface area contributed by atoms with Crippen LogP contribution in [0.3, 0.4) is 0 Å². The molecule has 2 rings (SSSR count). The smallest absolute Gasteiger partial charge is 0.224 e. The van der Waals surface area contributed by atoms with Gasteiger partial charge >= 0.3 is 0 Å². The van der Waals surface area contributed by atoms with E-state index < -0.39 is 0 Å². The number of aromatic hydroxyl groups is 1. The second-order valence-corrected chi connectivity index (χ2v) is 5.07. The number of piperidine rings is 1. The Bertz CT molecular complexity index is 420. The average molecular weight is 248 g/mol. The molecule has 1 aliphatic heterocycles. The molecule has 4 heteroatoms. The second kappa shape index (κ2) is 5.87. The highest BCUT2D eigenvalue weighted by atomic mass is 16.3. The highest BCUT2D eigenvalue weighted by Crippen LogP contribution is 2.16. The summed E-state index contributed by atoms with van der Waals surface area (Å²) in [5.74, 6) is 0.745. The minimum absolute atomic E-state index is 0.0302. The van der Waals surface area contributed by atoms with E-state index in [9.17, 15) is 9.90 Å². The van der Waals surface area contributed by atoms with Crippen LogP contribution in [0.15, 0.2) is 24.3 Å². The fourth-order valence-corrected chi connectivity index (χ4v) is 2.38. The van der Waals surface area contributed by atoms with Crippen molar-refractivity contribution < 1.29 is 9.90 Å². The predicted molar refractivity (Wildman–Crippen MR) is 70.4 cm³/mol.